The molecule has 2 N–H and O–H groups in total. The number of fused-ring (bicyclic) bond motifs is 1. The third-order valence-corrected chi connectivity index (χ3v) is 5.83. The van der Waals surface area contributed by atoms with Crippen molar-refractivity contribution in [2.45, 2.75) is 38.8 Å². The van der Waals surface area contributed by atoms with E-state index in [1.807, 2.05) is 16.2 Å². The zero-order chi connectivity index (χ0) is 14.8. The van der Waals surface area contributed by atoms with Crippen LogP contribution in [0.4, 0.5) is 0 Å². The molecule has 3 rings (SSSR count). The number of nitrogens with two attached hydrogens (primary N) is 1. The molecule has 2 atom stereocenters. The molecule has 1 aromatic rings. The van der Waals surface area contributed by atoms with Gasteiger partial charge in [-0.05, 0) is 55.7 Å². The van der Waals surface area contributed by atoms with Gasteiger partial charge in [-0.2, -0.15) is 0 Å². The average Bonchev–Trinajstić information content (AvgIpc) is 2.94. The molecule has 2 aliphatic heterocycles. The normalized spacial score (nSPS) is 23.5. The summed E-state index contributed by atoms with van der Waals surface area (Å²) in [5, 5.41) is 2.14. The summed E-state index contributed by atoms with van der Waals surface area (Å²) < 4.78 is 0. The molecule has 1 aromatic heterocycles. The summed E-state index contributed by atoms with van der Waals surface area (Å²) in [5.74, 6) is 0.813. The van der Waals surface area contributed by atoms with Gasteiger partial charge in [0.05, 0.1) is 6.54 Å². The topological polar surface area (TPSA) is 49.6 Å². The third-order valence-electron chi connectivity index (χ3n) is 4.80. The Morgan fingerprint density at radius 2 is 2.32 bits per heavy atom. The summed E-state index contributed by atoms with van der Waals surface area (Å²) in [6.07, 6.45) is 3.37. The van der Waals surface area contributed by atoms with E-state index in [1.165, 1.54) is 16.9 Å². The summed E-state index contributed by atoms with van der Waals surface area (Å²) in [7, 11) is 0. The lowest BCUT2D eigenvalue weighted by Gasteiger charge is -2.36. The van der Waals surface area contributed by atoms with Crippen molar-refractivity contribution in [2.24, 2.45) is 11.7 Å². The van der Waals surface area contributed by atoms with Crippen LogP contribution in [-0.4, -0.2) is 47.9 Å². The summed E-state index contributed by atoms with van der Waals surface area (Å²) in [6.45, 7) is 6.31. The minimum absolute atomic E-state index is 0. The molecule has 2 unspecified atom stereocenters. The molecule has 3 heterocycles. The predicted octanol–water partition coefficient (Wildman–Crippen LogP) is 2.11. The highest BCUT2D eigenvalue weighted by Gasteiger charge is 2.27. The average molecular weight is 344 g/mol. The largest absolute Gasteiger partial charge is 0.337 e. The molecule has 0 bridgehead atoms. The van der Waals surface area contributed by atoms with Gasteiger partial charge in [0.15, 0.2) is 0 Å². The van der Waals surface area contributed by atoms with Gasteiger partial charge in [0.25, 0.3) is 0 Å². The van der Waals surface area contributed by atoms with Gasteiger partial charge in [-0.15, -0.1) is 23.7 Å². The fourth-order valence-electron chi connectivity index (χ4n) is 3.42. The minimum Gasteiger partial charge on any atom is -0.337 e. The number of carbonyl (C=O) groups excluding carboxylic acids is 1. The first kappa shape index (κ1) is 17.7. The second-order valence-electron chi connectivity index (χ2n) is 6.43. The number of hydrogen-bond acceptors (Lipinski definition) is 4. The van der Waals surface area contributed by atoms with Crippen molar-refractivity contribution in [1.29, 1.82) is 0 Å². The van der Waals surface area contributed by atoms with Crippen molar-refractivity contribution in [2.75, 3.05) is 26.2 Å². The standard InChI is InChI=1S/C16H25N3OS.ClH/c1-12(17)13-3-2-6-18(9-13)11-16(20)19-7-4-15-14(10-19)5-8-21-15;/h5,8,12-13H,2-4,6-7,9-11,17H2,1H3;1H. The number of halogens is 1. The van der Waals surface area contributed by atoms with Crippen LogP contribution in [0.15, 0.2) is 11.4 Å². The predicted molar refractivity (Wildman–Crippen MR) is 93.5 cm³/mol. The SMILES string of the molecule is CC(N)C1CCCN(CC(=O)N2CCc3sccc3C2)C1.Cl. The molecule has 4 nitrogen and oxygen atoms in total. The maximum atomic E-state index is 12.5. The van der Waals surface area contributed by atoms with Crippen LogP contribution in [0.25, 0.3) is 0 Å². The van der Waals surface area contributed by atoms with E-state index in [2.05, 4.69) is 23.3 Å². The highest BCUT2D eigenvalue weighted by Crippen LogP contribution is 2.24. The number of rotatable bonds is 3. The molecule has 0 aliphatic carbocycles. The highest BCUT2D eigenvalue weighted by atomic mass is 35.5. The van der Waals surface area contributed by atoms with Crippen molar-refractivity contribution >= 4 is 29.7 Å². The van der Waals surface area contributed by atoms with Crippen molar-refractivity contribution < 1.29 is 4.79 Å². The van der Waals surface area contributed by atoms with Crippen LogP contribution in [0.5, 0.6) is 0 Å². The molecule has 1 fully saturated rings. The van der Waals surface area contributed by atoms with Crippen LogP contribution in [0, 0.1) is 5.92 Å². The Bertz CT molecular complexity index is 505. The van der Waals surface area contributed by atoms with E-state index in [0.29, 0.717) is 12.5 Å². The Hall–Kier alpha value is -0.620. The Morgan fingerprint density at radius 3 is 3.09 bits per heavy atom. The first-order valence-corrected chi connectivity index (χ1v) is 8.82. The smallest absolute Gasteiger partial charge is 0.237 e. The zero-order valence-electron chi connectivity index (χ0n) is 13.2. The number of amides is 1. The molecular formula is C16H26ClN3OS. The maximum Gasteiger partial charge on any atom is 0.237 e. The number of thiophene rings is 1. The molecule has 0 saturated carbocycles. The van der Waals surface area contributed by atoms with E-state index in [1.54, 1.807) is 0 Å². The van der Waals surface area contributed by atoms with E-state index < -0.39 is 0 Å². The molecule has 2 aliphatic rings. The van der Waals surface area contributed by atoms with Gasteiger partial charge < -0.3 is 10.6 Å². The zero-order valence-corrected chi connectivity index (χ0v) is 14.8. The molecule has 0 spiro atoms. The summed E-state index contributed by atoms with van der Waals surface area (Å²) in [4.78, 5) is 18.3. The van der Waals surface area contributed by atoms with Crippen LogP contribution in [0.2, 0.25) is 0 Å². The van der Waals surface area contributed by atoms with Crippen molar-refractivity contribution in [3.8, 4) is 0 Å². The first-order chi connectivity index (χ1) is 10.1. The highest BCUT2D eigenvalue weighted by molar-refractivity contribution is 7.10. The Labute approximate surface area is 143 Å². The van der Waals surface area contributed by atoms with Gasteiger partial charge in [0.2, 0.25) is 5.91 Å². The molecule has 22 heavy (non-hydrogen) atoms. The molecule has 1 saturated heterocycles. The van der Waals surface area contributed by atoms with Crippen LogP contribution in [-0.2, 0) is 17.8 Å². The van der Waals surface area contributed by atoms with Gasteiger partial charge in [0, 0.05) is 30.6 Å². The van der Waals surface area contributed by atoms with E-state index in [0.717, 1.165) is 39.0 Å². The number of nitrogens with zero attached hydrogens (tertiary/aromatic N) is 2. The van der Waals surface area contributed by atoms with Crippen molar-refractivity contribution in [3.05, 3.63) is 21.9 Å². The number of piperidine rings is 1. The third kappa shape index (κ3) is 4.02. The van der Waals surface area contributed by atoms with Gasteiger partial charge in [-0.1, -0.05) is 0 Å². The number of hydrogen-bond donors (Lipinski definition) is 1. The summed E-state index contributed by atoms with van der Waals surface area (Å²) in [6, 6.07) is 2.39. The van der Waals surface area contributed by atoms with Gasteiger partial charge in [-0.3, -0.25) is 9.69 Å². The summed E-state index contributed by atoms with van der Waals surface area (Å²) in [5.41, 5.74) is 7.36. The van der Waals surface area contributed by atoms with Gasteiger partial charge in [-0.25, -0.2) is 0 Å². The second-order valence-corrected chi connectivity index (χ2v) is 7.43. The summed E-state index contributed by atoms with van der Waals surface area (Å²) >= 11 is 1.82. The molecule has 0 radical (unpaired) electrons. The minimum atomic E-state index is 0. The quantitative estimate of drug-likeness (QED) is 0.914. The van der Waals surface area contributed by atoms with Crippen LogP contribution in [0.3, 0.4) is 0 Å². The van der Waals surface area contributed by atoms with Crippen molar-refractivity contribution in [1.82, 2.24) is 9.80 Å². The molecule has 0 aromatic carbocycles. The molecule has 6 heteroatoms. The maximum absolute atomic E-state index is 12.5. The van der Waals surface area contributed by atoms with Crippen LogP contribution in [0.1, 0.15) is 30.2 Å². The van der Waals surface area contributed by atoms with Gasteiger partial charge >= 0.3 is 0 Å². The lowest BCUT2D eigenvalue weighted by molar-refractivity contribution is -0.133. The fraction of sp³-hybridized carbons (Fsp3) is 0.688. The number of likely N-dealkylation sites (tertiary alicyclic amines) is 1. The number of carbonyl (C=O) groups is 1. The van der Waals surface area contributed by atoms with E-state index in [-0.39, 0.29) is 24.4 Å². The van der Waals surface area contributed by atoms with E-state index in [4.69, 9.17) is 5.73 Å². The molecule has 124 valence electrons. The second kappa shape index (κ2) is 7.77. The van der Waals surface area contributed by atoms with Crippen LogP contribution < -0.4 is 5.73 Å². The molecule has 1 amide bonds. The fourth-order valence-corrected chi connectivity index (χ4v) is 4.31. The monoisotopic (exact) mass is 343 g/mol. The van der Waals surface area contributed by atoms with Gasteiger partial charge in [0.1, 0.15) is 0 Å². The molecular weight excluding hydrogens is 318 g/mol. The first-order valence-electron chi connectivity index (χ1n) is 7.94. The Balaban J connectivity index is 0.00000176. The Morgan fingerprint density at radius 1 is 1.50 bits per heavy atom. The van der Waals surface area contributed by atoms with Crippen LogP contribution >= 0.6 is 23.7 Å². The van der Waals surface area contributed by atoms with Crippen molar-refractivity contribution in [3.63, 3.8) is 0 Å². The van der Waals surface area contributed by atoms with E-state index in [9.17, 15) is 4.79 Å². The lowest BCUT2D eigenvalue weighted by Crippen LogP contribution is -2.47. The Kier molecular flexibility index (Phi) is 6.26. The van der Waals surface area contributed by atoms with E-state index >= 15 is 0 Å². The lowest BCUT2D eigenvalue weighted by atomic mass is 9.92.